The van der Waals surface area contributed by atoms with E-state index in [1.807, 2.05) is 61.5 Å². The van der Waals surface area contributed by atoms with Crippen molar-refractivity contribution in [2.45, 2.75) is 25.8 Å². The van der Waals surface area contributed by atoms with Gasteiger partial charge in [-0.15, -0.1) is 0 Å². The molecule has 5 nitrogen and oxygen atoms in total. The van der Waals surface area contributed by atoms with Gasteiger partial charge in [0.15, 0.2) is 0 Å². The maximum atomic E-state index is 12.7. The summed E-state index contributed by atoms with van der Waals surface area (Å²) in [6.45, 7) is 1.93. The summed E-state index contributed by atoms with van der Waals surface area (Å²) >= 11 is 0. The summed E-state index contributed by atoms with van der Waals surface area (Å²) < 4.78 is 0. The minimum atomic E-state index is -0.203. The van der Waals surface area contributed by atoms with Gasteiger partial charge in [0.2, 0.25) is 5.91 Å². The molecule has 27 heavy (non-hydrogen) atoms. The highest BCUT2D eigenvalue weighted by Gasteiger charge is 2.29. The molecule has 0 aliphatic heterocycles. The molecule has 0 radical (unpaired) electrons. The van der Waals surface area contributed by atoms with Crippen LogP contribution in [0.2, 0.25) is 0 Å². The average Bonchev–Trinajstić information content (AvgIpc) is 3.53. The van der Waals surface area contributed by atoms with E-state index in [1.165, 1.54) is 0 Å². The minimum absolute atomic E-state index is 0.0890. The molecule has 2 amide bonds. The third-order valence-electron chi connectivity index (χ3n) is 4.86. The van der Waals surface area contributed by atoms with E-state index >= 15 is 0 Å². The average molecular weight is 359 g/mol. The molecular formula is C22H21N3O2. The van der Waals surface area contributed by atoms with Crippen LogP contribution in [0.1, 0.15) is 41.9 Å². The van der Waals surface area contributed by atoms with Crippen molar-refractivity contribution >= 4 is 28.3 Å². The fourth-order valence-electron chi connectivity index (χ4n) is 3.09. The second kappa shape index (κ2) is 7.19. The molecule has 1 aromatic heterocycles. The monoisotopic (exact) mass is 359 g/mol. The SMILES string of the molecule is CC(NC(=O)c1nccc2ccccc12)c1ccc(NC(=O)C2CC2)cc1. The number of nitrogens with zero attached hydrogens (tertiary/aromatic N) is 1. The molecule has 3 aromatic rings. The third-order valence-corrected chi connectivity index (χ3v) is 4.86. The predicted molar refractivity (Wildman–Crippen MR) is 105 cm³/mol. The molecule has 5 heteroatoms. The van der Waals surface area contributed by atoms with Crippen LogP contribution in [0.25, 0.3) is 10.8 Å². The van der Waals surface area contributed by atoms with E-state index in [0.717, 1.165) is 34.9 Å². The van der Waals surface area contributed by atoms with Gasteiger partial charge in [0, 0.05) is 23.2 Å². The second-order valence-electron chi connectivity index (χ2n) is 6.96. The molecule has 0 saturated heterocycles. The highest BCUT2D eigenvalue weighted by molar-refractivity contribution is 6.05. The van der Waals surface area contributed by atoms with Crippen LogP contribution in [0.3, 0.4) is 0 Å². The first-order valence-corrected chi connectivity index (χ1v) is 9.17. The van der Waals surface area contributed by atoms with Crippen LogP contribution in [0.5, 0.6) is 0 Å². The first-order chi connectivity index (χ1) is 13.1. The largest absolute Gasteiger partial charge is 0.344 e. The molecule has 2 N–H and O–H groups in total. The van der Waals surface area contributed by atoms with Crippen molar-refractivity contribution in [3.63, 3.8) is 0 Å². The number of nitrogens with one attached hydrogen (secondary N) is 2. The number of aromatic nitrogens is 1. The van der Waals surface area contributed by atoms with E-state index in [9.17, 15) is 9.59 Å². The molecule has 1 heterocycles. The zero-order chi connectivity index (χ0) is 18.8. The summed E-state index contributed by atoms with van der Waals surface area (Å²) in [5.41, 5.74) is 2.17. The zero-order valence-corrected chi connectivity index (χ0v) is 15.1. The summed E-state index contributed by atoms with van der Waals surface area (Å²) in [6, 6.07) is 17.0. The van der Waals surface area contributed by atoms with E-state index in [-0.39, 0.29) is 23.8 Å². The summed E-state index contributed by atoms with van der Waals surface area (Å²) in [5.74, 6) is 0.0626. The maximum absolute atomic E-state index is 12.7. The number of rotatable bonds is 5. The van der Waals surface area contributed by atoms with Gasteiger partial charge in [0.1, 0.15) is 5.69 Å². The van der Waals surface area contributed by atoms with E-state index in [2.05, 4.69) is 15.6 Å². The van der Waals surface area contributed by atoms with Crippen molar-refractivity contribution in [3.05, 3.63) is 72.1 Å². The van der Waals surface area contributed by atoms with Crippen molar-refractivity contribution in [1.29, 1.82) is 0 Å². The quantitative estimate of drug-likeness (QED) is 0.721. The molecule has 1 atom stereocenters. The Balaban J connectivity index is 1.45. The lowest BCUT2D eigenvalue weighted by Crippen LogP contribution is -2.27. The summed E-state index contributed by atoms with van der Waals surface area (Å²) in [5, 5.41) is 7.75. The Bertz CT molecular complexity index is 989. The Morgan fingerprint density at radius 3 is 2.52 bits per heavy atom. The number of fused-ring (bicyclic) bond motifs is 1. The third kappa shape index (κ3) is 3.82. The van der Waals surface area contributed by atoms with Crippen molar-refractivity contribution < 1.29 is 9.59 Å². The van der Waals surface area contributed by atoms with Crippen molar-refractivity contribution in [2.24, 2.45) is 5.92 Å². The molecule has 1 aliphatic rings. The number of carbonyl (C=O) groups excluding carboxylic acids is 2. The van der Waals surface area contributed by atoms with Crippen LogP contribution < -0.4 is 10.6 Å². The molecule has 1 aliphatic carbocycles. The van der Waals surface area contributed by atoms with Crippen LogP contribution in [0, 0.1) is 5.92 Å². The summed E-state index contributed by atoms with van der Waals surface area (Å²) in [6.07, 6.45) is 3.61. The fourth-order valence-corrected chi connectivity index (χ4v) is 3.09. The molecule has 0 bridgehead atoms. The maximum Gasteiger partial charge on any atom is 0.270 e. The fraction of sp³-hybridized carbons (Fsp3) is 0.227. The Kier molecular flexibility index (Phi) is 4.59. The van der Waals surface area contributed by atoms with Crippen molar-refractivity contribution in [1.82, 2.24) is 10.3 Å². The lowest BCUT2D eigenvalue weighted by molar-refractivity contribution is -0.117. The first kappa shape index (κ1) is 17.2. The van der Waals surface area contributed by atoms with E-state index < -0.39 is 0 Å². The highest BCUT2D eigenvalue weighted by Crippen LogP contribution is 2.30. The van der Waals surface area contributed by atoms with E-state index in [1.54, 1.807) is 6.20 Å². The van der Waals surface area contributed by atoms with Gasteiger partial charge in [-0.1, -0.05) is 36.4 Å². The normalized spacial score (nSPS) is 14.6. The summed E-state index contributed by atoms with van der Waals surface area (Å²) in [7, 11) is 0. The lowest BCUT2D eigenvalue weighted by Gasteiger charge is -2.15. The Morgan fingerprint density at radius 2 is 1.78 bits per heavy atom. The zero-order valence-electron chi connectivity index (χ0n) is 15.1. The van der Waals surface area contributed by atoms with Crippen LogP contribution in [0.4, 0.5) is 5.69 Å². The van der Waals surface area contributed by atoms with Crippen molar-refractivity contribution in [3.8, 4) is 0 Å². The summed E-state index contributed by atoms with van der Waals surface area (Å²) in [4.78, 5) is 28.8. The van der Waals surface area contributed by atoms with Crippen LogP contribution in [-0.4, -0.2) is 16.8 Å². The Morgan fingerprint density at radius 1 is 1.04 bits per heavy atom. The predicted octanol–water partition coefficient (Wildman–Crippen LogP) is 4.07. The number of amides is 2. The van der Waals surface area contributed by atoms with Gasteiger partial charge in [0.25, 0.3) is 5.91 Å². The number of carbonyl (C=O) groups is 2. The van der Waals surface area contributed by atoms with Crippen LogP contribution >= 0.6 is 0 Å². The van der Waals surface area contributed by atoms with Crippen molar-refractivity contribution in [2.75, 3.05) is 5.32 Å². The molecule has 1 fully saturated rings. The number of benzene rings is 2. The molecular weight excluding hydrogens is 338 g/mol. The molecule has 0 spiro atoms. The second-order valence-corrected chi connectivity index (χ2v) is 6.96. The minimum Gasteiger partial charge on any atom is -0.344 e. The highest BCUT2D eigenvalue weighted by atomic mass is 16.2. The topological polar surface area (TPSA) is 71.1 Å². The Hall–Kier alpha value is -3.21. The van der Waals surface area contributed by atoms with Crippen LogP contribution in [0.15, 0.2) is 60.8 Å². The lowest BCUT2D eigenvalue weighted by atomic mass is 10.1. The molecule has 1 saturated carbocycles. The smallest absolute Gasteiger partial charge is 0.270 e. The van der Waals surface area contributed by atoms with E-state index in [0.29, 0.717) is 5.69 Å². The standard InChI is InChI=1S/C22H21N3O2/c1-14(15-8-10-18(11-9-15)25-21(26)17-6-7-17)24-22(27)20-19-5-3-2-4-16(19)12-13-23-20/h2-5,8-14,17H,6-7H2,1H3,(H,24,27)(H,25,26). The van der Waals surface area contributed by atoms with Crippen LogP contribution in [-0.2, 0) is 4.79 Å². The number of hydrogen-bond donors (Lipinski definition) is 2. The van der Waals surface area contributed by atoms with Gasteiger partial charge in [-0.25, -0.2) is 0 Å². The first-order valence-electron chi connectivity index (χ1n) is 9.17. The van der Waals surface area contributed by atoms with Gasteiger partial charge in [-0.2, -0.15) is 0 Å². The van der Waals surface area contributed by atoms with Gasteiger partial charge < -0.3 is 10.6 Å². The Labute approximate surface area is 157 Å². The van der Waals surface area contributed by atoms with Gasteiger partial charge in [-0.3, -0.25) is 14.6 Å². The molecule has 4 rings (SSSR count). The number of anilines is 1. The molecule has 1 unspecified atom stereocenters. The molecule has 136 valence electrons. The van der Waals surface area contributed by atoms with Gasteiger partial charge >= 0.3 is 0 Å². The van der Waals surface area contributed by atoms with E-state index in [4.69, 9.17) is 0 Å². The number of pyridine rings is 1. The number of hydrogen-bond acceptors (Lipinski definition) is 3. The molecule has 2 aromatic carbocycles. The van der Waals surface area contributed by atoms with Gasteiger partial charge in [0.05, 0.1) is 6.04 Å². The van der Waals surface area contributed by atoms with Gasteiger partial charge in [-0.05, 0) is 48.9 Å².